The molecular weight excluding hydrogens is 182 g/mol. The van der Waals surface area contributed by atoms with Gasteiger partial charge >= 0.3 is 0 Å². The van der Waals surface area contributed by atoms with Gasteiger partial charge in [-0.05, 0) is 36.8 Å². The summed E-state index contributed by atoms with van der Waals surface area (Å²) in [6.45, 7) is 9.67. The van der Waals surface area contributed by atoms with Crippen molar-refractivity contribution in [1.82, 2.24) is 0 Å². The second-order valence-corrected chi connectivity index (χ2v) is 5.18. The van der Waals surface area contributed by atoms with Crippen LogP contribution < -0.4 is 5.73 Å². The molecular formula is C14H23N. The first kappa shape index (κ1) is 12.3. The highest BCUT2D eigenvalue weighted by molar-refractivity contribution is 5.23. The molecule has 1 heteroatoms. The highest BCUT2D eigenvalue weighted by atomic mass is 14.6. The summed E-state index contributed by atoms with van der Waals surface area (Å²) in [4.78, 5) is 0. The molecule has 0 aliphatic rings. The molecule has 0 radical (unpaired) electrons. The molecule has 0 spiro atoms. The van der Waals surface area contributed by atoms with Crippen molar-refractivity contribution in [3.8, 4) is 0 Å². The predicted molar refractivity (Wildman–Crippen MR) is 66.9 cm³/mol. The van der Waals surface area contributed by atoms with Gasteiger partial charge in [0.1, 0.15) is 0 Å². The van der Waals surface area contributed by atoms with Gasteiger partial charge in [0.2, 0.25) is 0 Å². The van der Waals surface area contributed by atoms with E-state index in [1.807, 2.05) is 0 Å². The fourth-order valence-electron chi connectivity index (χ4n) is 1.80. The van der Waals surface area contributed by atoms with E-state index in [-0.39, 0.29) is 5.41 Å². The Morgan fingerprint density at radius 1 is 1.33 bits per heavy atom. The lowest BCUT2D eigenvalue weighted by atomic mass is 9.74. The lowest BCUT2D eigenvalue weighted by molar-refractivity contribution is 0.227. The van der Waals surface area contributed by atoms with Crippen LogP contribution in [0, 0.1) is 18.3 Å². The Hall–Kier alpha value is -0.820. The zero-order valence-electron chi connectivity index (χ0n) is 10.4. The average molecular weight is 205 g/mol. The summed E-state index contributed by atoms with van der Waals surface area (Å²) in [7, 11) is 0. The third-order valence-electron chi connectivity index (χ3n) is 3.55. The molecule has 1 aromatic carbocycles. The fraction of sp³-hybridized carbons (Fsp3) is 0.571. The zero-order chi connectivity index (χ0) is 11.5. The Labute approximate surface area is 93.7 Å². The van der Waals surface area contributed by atoms with Crippen molar-refractivity contribution in [1.29, 1.82) is 0 Å². The molecule has 2 N–H and O–H groups in total. The van der Waals surface area contributed by atoms with Crippen molar-refractivity contribution < 1.29 is 0 Å². The van der Waals surface area contributed by atoms with Crippen LogP contribution in [0.15, 0.2) is 24.3 Å². The van der Waals surface area contributed by atoms with Gasteiger partial charge in [-0.15, -0.1) is 0 Å². The molecule has 0 amide bonds. The summed E-state index contributed by atoms with van der Waals surface area (Å²) in [5, 5.41) is 0. The number of aryl methyl sites for hydroxylation is 1. The first-order chi connectivity index (χ1) is 6.98. The number of nitrogens with two attached hydrogens (primary N) is 1. The summed E-state index contributed by atoms with van der Waals surface area (Å²) >= 11 is 0. The standard InChI is InChI=1S/C14H23N/c1-11(2)14(4,10-15)9-13-7-5-6-12(3)8-13/h5-8,11H,9-10,15H2,1-4H3. The minimum atomic E-state index is 0.216. The van der Waals surface area contributed by atoms with Crippen molar-refractivity contribution in [3.05, 3.63) is 35.4 Å². The number of hydrogen-bond donors (Lipinski definition) is 1. The molecule has 1 atom stereocenters. The van der Waals surface area contributed by atoms with Crippen LogP contribution in [-0.4, -0.2) is 6.54 Å². The van der Waals surface area contributed by atoms with Crippen molar-refractivity contribution >= 4 is 0 Å². The SMILES string of the molecule is Cc1cccc(CC(C)(CN)C(C)C)c1. The first-order valence-corrected chi connectivity index (χ1v) is 5.73. The number of rotatable bonds is 4. The highest BCUT2D eigenvalue weighted by Gasteiger charge is 2.26. The largest absolute Gasteiger partial charge is 0.330 e. The molecule has 0 saturated carbocycles. The van der Waals surface area contributed by atoms with E-state index in [9.17, 15) is 0 Å². The number of hydrogen-bond acceptors (Lipinski definition) is 1. The Morgan fingerprint density at radius 3 is 2.47 bits per heavy atom. The van der Waals surface area contributed by atoms with Gasteiger partial charge in [0.15, 0.2) is 0 Å². The van der Waals surface area contributed by atoms with E-state index in [1.165, 1.54) is 11.1 Å². The van der Waals surface area contributed by atoms with Crippen LogP contribution in [0.5, 0.6) is 0 Å². The molecule has 0 heterocycles. The Balaban J connectivity index is 2.84. The monoisotopic (exact) mass is 205 g/mol. The summed E-state index contributed by atoms with van der Waals surface area (Å²) < 4.78 is 0. The molecule has 0 aromatic heterocycles. The molecule has 1 aromatic rings. The molecule has 15 heavy (non-hydrogen) atoms. The maximum Gasteiger partial charge on any atom is -0.00175 e. The maximum atomic E-state index is 5.89. The van der Waals surface area contributed by atoms with Crippen LogP contribution in [0.25, 0.3) is 0 Å². The predicted octanol–water partition coefficient (Wildman–Crippen LogP) is 3.16. The van der Waals surface area contributed by atoms with Gasteiger partial charge in [-0.2, -0.15) is 0 Å². The van der Waals surface area contributed by atoms with E-state index in [1.54, 1.807) is 0 Å². The van der Waals surface area contributed by atoms with Crippen LogP contribution in [0.4, 0.5) is 0 Å². The van der Waals surface area contributed by atoms with Crippen molar-refractivity contribution in [2.45, 2.75) is 34.1 Å². The van der Waals surface area contributed by atoms with E-state index in [0.717, 1.165) is 13.0 Å². The van der Waals surface area contributed by atoms with Crippen LogP contribution in [0.2, 0.25) is 0 Å². The number of benzene rings is 1. The van der Waals surface area contributed by atoms with Gasteiger partial charge < -0.3 is 5.73 Å². The highest BCUT2D eigenvalue weighted by Crippen LogP contribution is 2.30. The molecule has 1 rings (SSSR count). The van der Waals surface area contributed by atoms with Crippen LogP contribution >= 0.6 is 0 Å². The Bertz CT molecular complexity index is 317. The van der Waals surface area contributed by atoms with E-state index < -0.39 is 0 Å². The fourth-order valence-corrected chi connectivity index (χ4v) is 1.80. The molecule has 0 aliphatic carbocycles. The summed E-state index contributed by atoms with van der Waals surface area (Å²) in [5.74, 6) is 0.614. The topological polar surface area (TPSA) is 26.0 Å². The van der Waals surface area contributed by atoms with Gasteiger partial charge in [0.25, 0.3) is 0 Å². The first-order valence-electron chi connectivity index (χ1n) is 5.73. The van der Waals surface area contributed by atoms with Crippen LogP contribution in [0.3, 0.4) is 0 Å². The third-order valence-corrected chi connectivity index (χ3v) is 3.55. The van der Waals surface area contributed by atoms with Gasteiger partial charge in [-0.3, -0.25) is 0 Å². The summed E-state index contributed by atoms with van der Waals surface area (Å²) in [6, 6.07) is 8.72. The van der Waals surface area contributed by atoms with E-state index >= 15 is 0 Å². The Kier molecular flexibility index (Phi) is 3.92. The average Bonchev–Trinajstić information content (AvgIpc) is 2.17. The van der Waals surface area contributed by atoms with Crippen molar-refractivity contribution in [2.75, 3.05) is 6.54 Å². The van der Waals surface area contributed by atoms with Gasteiger partial charge in [0.05, 0.1) is 0 Å². The van der Waals surface area contributed by atoms with Gasteiger partial charge in [-0.25, -0.2) is 0 Å². The van der Waals surface area contributed by atoms with Gasteiger partial charge in [0, 0.05) is 0 Å². The minimum absolute atomic E-state index is 0.216. The van der Waals surface area contributed by atoms with Crippen LogP contribution in [0.1, 0.15) is 31.9 Å². The van der Waals surface area contributed by atoms with Gasteiger partial charge in [-0.1, -0.05) is 50.6 Å². The molecule has 0 aliphatic heterocycles. The van der Waals surface area contributed by atoms with E-state index in [0.29, 0.717) is 5.92 Å². The van der Waals surface area contributed by atoms with Crippen LogP contribution in [-0.2, 0) is 6.42 Å². The zero-order valence-corrected chi connectivity index (χ0v) is 10.4. The summed E-state index contributed by atoms with van der Waals surface area (Å²) in [6.07, 6.45) is 1.07. The molecule has 84 valence electrons. The van der Waals surface area contributed by atoms with E-state index in [2.05, 4.69) is 52.0 Å². The van der Waals surface area contributed by atoms with Crippen molar-refractivity contribution in [3.63, 3.8) is 0 Å². The molecule has 1 unspecified atom stereocenters. The second kappa shape index (κ2) is 4.80. The maximum absolute atomic E-state index is 5.89. The van der Waals surface area contributed by atoms with E-state index in [4.69, 9.17) is 5.73 Å². The minimum Gasteiger partial charge on any atom is -0.330 e. The lowest BCUT2D eigenvalue weighted by Crippen LogP contribution is -2.34. The lowest BCUT2D eigenvalue weighted by Gasteiger charge is -2.32. The molecule has 1 nitrogen and oxygen atoms in total. The Morgan fingerprint density at radius 2 is 2.00 bits per heavy atom. The second-order valence-electron chi connectivity index (χ2n) is 5.18. The molecule has 0 saturated heterocycles. The third kappa shape index (κ3) is 3.07. The normalized spacial score (nSPS) is 15.3. The quantitative estimate of drug-likeness (QED) is 0.803. The smallest absolute Gasteiger partial charge is 0.00175 e. The molecule has 0 fully saturated rings. The summed E-state index contributed by atoms with van der Waals surface area (Å²) in [5.41, 5.74) is 8.84. The van der Waals surface area contributed by atoms with Crippen molar-refractivity contribution in [2.24, 2.45) is 17.1 Å². The molecule has 0 bridgehead atoms.